The summed E-state index contributed by atoms with van der Waals surface area (Å²) in [5.41, 5.74) is 2.03. The number of hydrogen-bond acceptors (Lipinski definition) is 4. The van der Waals surface area contributed by atoms with Gasteiger partial charge in [0.15, 0.2) is 0 Å². The average Bonchev–Trinajstić information content (AvgIpc) is 2.63. The van der Waals surface area contributed by atoms with Crippen molar-refractivity contribution in [3.63, 3.8) is 0 Å². The monoisotopic (exact) mass is 346 g/mol. The zero-order valence-corrected chi connectivity index (χ0v) is 13.9. The second-order valence-corrected chi connectivity index (χ2v) is 5.81. The summed E-state index contributed by atoms with van der Waals surface area (Å²) >= 11 is 0. The molecule has 4 rings (SSSR count). The Morgan fingerprint density at radius 2 is 0.692 bits per heavy atom. The van der Waals surface area contributed by atoms with Crippen molar-refractivity contribution in [2.75, 3.05) is 0 Å². The molecule has 0 heterocycles. The van der Waals surface area contributed by atoms with Crippen LogP contribution in [0.15, 0.2) is 84.9 Å². The summed E-state index contributed by atoms with van der Waals surface area (Å²) in [4.78, 5) is 0. The molecule has 0 saturated heterocycles. The van der Waals surface area contributed by atoms with E-state index in [1.165, 1.54) is 0 Å². The minimum atomic E-state index is 0.216. The van der Waals surface area contributed by atoms with E-state index in [1.54, 1.807) is 48.5 Å². The predicted molar refractivity (Wildman–Crippen MR) is 102 cm³/mol. The van der Waals surface area contributed by atoms with Crippen molar-refractivity contribution < 1.29 is 20.4 Å². The molecule has 4 aromatic rings. The van der Waals surface area contributed by atoms with E-state index < -0.39 is 0 Å². The molecule has 0 radical (unpaired) electrons. The van der Waals surface area contributed by atoms with Crippen LogP contribution in [0, 0.1) is 0 Å². The van der Waals surface area contributed by atoms with Gasteiger partial charge in [-0.25, -0.2) is 0 Å². The number of fused-ring (bicyclic) bond motifs is 1. The van der Waals surface area contributed by atoms with E-state index in [-0.39, 0.29) is 23.0 Å². The third-order valence-electron chi connectivity index (χ3n) is 3.88. The topological polar surface area (TPSA) is 80.9 Å². The molecule has 26 heavy (non-hydrogen) atoms. The van der Waals surface area contributed by atoms with Crippen LogP contribution in [0.1, 0.15) is 0 Å². The van der Waals surface area contributed by atoms with Gasteiger partial charge in [-0.3, -0.25) is 0 Å². The van der Waals surface area contributed by atoms with E-state index in [9.17, 15) is 0 Å². The maximum absolute atomic E-state index is 9.14. The summed E-state index contributed by atoms with van der Waals surface area (Å²) in [6.07, 6.45) is 0. The third kappa shape index (κ3) is 4.24. The quantitative estimate of drug-likeness (QED) is 0.390. The van der Waals surface area contributed by atoms with E-state index >= 15 is 0 Å². The number of aromatic hydroxyl groups is 4. The summed E-state index contributed by atoms with van der Waals surface area (Å²) < 4.78 is 0. The van der Waals surface area contributed by atoms with Crippen LogP contribution < -0.4 is 0 Å². The lowest BCUT2D eigenvalue weighted by molar-refractivity contribution is 0.474. The molecular weight excluding hydrogens is 328 g/mol. The molecule has 0 amide bonds. The SMILES string of the molecule is Oc1ccc(-c2ccc(O)cc2)cc1.Oc1ccc2ccc(O)cc2c1. The number of phenolic OH excluding ortho intramolecular Hbond substituents is 4. The first-order valence-corrected chi connectivity index (χ1v) is 8.01. The van der Waals surface area contributed by atoms with E-state index in [2.05, 4.69) is 0 Å². The number of hydrogen-bond donors (Lipinski definition) is 4. The van der Waals surface area contributed by atoms with Crippen LogP contribution in [-0.4, -0.2) is 20.4 Å². The van der Waals surface area contributed by atoms with Crippen LogP contribution >= 0.6 is 0 Å². The van der Waals surface area contributed by atoms with E-state index in [4.69, 9.17) is 20.4 Å². The van der Waals surface area contributed by atoms with Crippen molar-refractivity contribution in [1.29, 1.82) is 0 Å². The minimum absolute atomic E-state index is 0.216. The van der Waals surface area contributed by atoms with Gasteiger partial charge >= 0.3 is 0 Å². The fraction of sp³-hybridized carbons (Fsp3) is 0. The van der Waals surface area contributed by atoms with Crippen LogP contribution in [-0.2, 0) is 0 Å². The van der Waals surface area contributed by atoms with Gasteiger partial charge in [0.2, 0.25) is 0 Å². The Kier molecular flexibility index (Phi) is 4.94. The van der Waals surface area contributed by atoms with Gasteiger partial charge in [0.25, 0.3) is 0 Å². The lowest BCUT2D eigenvalue weighted by Crippen LogP contribution is -1.75. The first kappa shape index (κ1) is 17.2. The molecule has 0 aliphatic carbocycles. The van der Waals surface area contributed by atoms with Crippen molar-refractivity contribution >= 4 is 10.8 Å². The smallest absolute Gasteiger partial charge is 0.116 e. The fourth-order valence-corrected chi connectivity index (χ4v) is 2.53. The highest BCUT2D eigenvalue weighted by atomic mass is 16.3. The van der Waals surface area contributed by atoms with Crippen molar-refractivity contribution in [1.82, 2.24) is 0 Å². The number of rotatable bonds is 1. The van der Waals surface area contributed by atoms with Gasteiger partial charge in [0.1, 0.15) is 23.0 Å². The molecular formula is C22H18O4. The summed E-state index contributed by atoms with van der Waals surface area (Å²) in [7, 11) is 0. The molecule has 0 saturated carbocycles. The average molecular weight is 346 g/mol. The van der Waals surface area contributed by atoms with Gasteiger partial charge in [0, 0.05) is 0 Å². The largest absolute Gasteiger partial charge is 0.508 e. The van der Waals surface area contributed by atoms with Gasteiger partial charge in [-0.05, 0) is 70.4 Å². The van der Waals surface area contributed by atoms with E-state index in [1.807, 2.05) is 36.4 Å². The van der Waals surface area contributed by atoms with Crippen molar-refractivity contribution in [2.45, 2.75) is 0 Å². The molecule has 0 aromatic heterocycles. The molecule has 0 bridgehead atoms. The Hall–Kier alpha value is -3.66. The van der Waals surface area contributed by atoms with Crippen molar-refractivity contribution in [3.05, 3.63) is 84.9 Å². The zero-order chi connectivity index (χ0) is 18.5. The van der Waals surface area contributed by atoms with Crippen molar-refractivity contribution in [2.24, 2.45) is 0 Å². The Morgan fingerprint density at radius 3 is 1.08 bits per heavy atom. The Balaban J connectivity index is 0.000000152. The molecule has 0 aliphatic rings. The normalized spacial score (nSPS) is 10.2. The Morgan fingerprint density at radius 1 is 0.346 bits per heavy atom. The Bertz CT molecular complexity index is 926. The fourth-order valence-electron chi connectivity index (χ4n) is 2.53. The standard InChI is InChI=1S/C12H10O2.C10H8O2/c13-11-5-1-9(2-6-11)10-3-7-12(14)8-4-10;11-9-3-1-7-2-4-10(12)6-8(7)5-9/h1-8,13-14H;1-6,11-12H. The number of phenols is 4. The molecule has 0 spiro atoms. The highest BCUT2D eigenvalue weighted by Crippen LogP contribution is 2.24. The minimum Gasteiger partial charge on any atom is -0.508 e. The van der Waals surface area contributed by atoms with Crippen LogP contribution in [0.25, 0.3) is 21.9 Å². The van der Waals surface area contributed by atoms with Crippen molar-refractivity contribution in [3.8, 4) is 34.1 Å². The Labute approximate surface area is 150 Å². The molecule has 4 heteroatoms. The summed E-state index contributed by atoms with van der Waals surface area (Å²) in [6, 6.07) is 24.0. The van der Waals surface area contributed by atoms with E-state index in [0.29, 0.717) is 0 Å². The van der Waals surface area contributed by atoms with Gasteiger partial charge < -0.3 is 20.4 Å². The highest BCUT2D eigenvalue weighted by Gasteiger charge is 1.97. The van der Waals surface area contributed by atoms with Gasteiger partial charge in [-0.15, -0.1) is 0 Å². The molecule has 130 valence electrons. The molecule has 0 fully saturated rings. The summed E-state index contributed by atoms with van der Waals surface area (Å²) in [5.74, 6) is 0.946. The highest BCUT2D eigenvalue weighted by molar-refractivity contribution is 5.85. The second-order valence-electron chi connectivity index (χ2n) is 5.81. The first-order valence-electron chi connectivity index (χ1n) is 8.01. The van der Waals surface area contributed by atoms with E-state index in [0.717, 1.165) is 21.9 Å². The lowest BCUT2D eigenvalue weighted by atomic mass is 10.1. The molecule has 4 nitrogen and oxygen atoms in total. The van der Waals surface area contributed by atoms with Crippen LogP contribution in [0.3, 0.4) is 0 Å². The molecule has 0 atom stereocenters. The van der Waals surface area contributed by atoms with Crippen LogP contribution in [0.5, 0.6) is 23.0 Å². The van der Waals surface area contributed by atoms with Crippen LogP contribution in [0.2, 0.25) is 0 Å². The number of benzene rings is 4. The lowest BCUT2D eigenvalue weighted by Gasteiger charge is -2.01. The molecule has 4 aromatic carbocycles. The zero-order valence-electron chi connectivity index (χ0n) is 13.9. The second kappa shape index (κ2) is 7.49. The van der Waals surface area contributed by atoms with Gasteiger partial charge in [-0.1, -0.05) is 36.4 Å². The molecule has 0 unspecified atom stereocenters. The maximum Gasteiger partial charge on any atom is 0.116 e. The maximum atomic E-state index is 9.14. The first-order chi connectivity index (χ1) is 12.5. The van der Waals surface area contributed by atoms with Gasteiger partial charge in [0.05, 0.1) is 0 Å². The van der Waals surface area contributed by atoms with Gasteiger partial charge in [-0.2, -0.15) is 0 Å². The van der Waals surface area contributed by atoms with Crippen LogP contribution in [0.4, 0.5) is 0 Å². The molecule has 0 aliphatic heterocycles. The molecule has 4 N–H and O–H groups in total. The third-order valence-corrected chi connectivity index (χ3v) is 3.88. The predicted octanol–water partition coefficient (Wildman–Crippen LogP) is 5.02. The summed E-state index contributed by atoms with van der Waals surface area (Å²) in [6.45, 7) is 0. The summed E-state index contributed by atoms with van der Waals surface area (Å²) in [5, 5.41) is 38.3.